The fourth-order valence-electron chi connectivity index (χ4n) is 0.654. The Bertz CT molecular complexity index is 418. The number of aromatic amines is 1. The third kappa shape index (κ3) is 1.46. The van der Waals surface area contributed by atoms with Crippen LogP contribution in [0.2, 0.25) is 0 Å². The van der Waals surface area contributed by atoms with E-state index in [2.05, 4.69) is 4.98 Å². The molecule has 1 aromatic rings. The van der Waals surface area contributed by atoms with Gasteiger partial charge in [0.05, 0.1) is 10.6 Å². The van der Waals surface area contributed by atoms with Crippen LogP contribution in [0.3, 0.4) is 0 Å². The van der Waals surface area contributed by atoms with Crippen LogP contribution in [-0.2, 0) is 0 Å². The summed E-state index contributed by atoms with van der Waals surface area (Å²) in [4.78, 5) is 11.9. The summed E-state index contributed by atoms with van der Waals surface area (Å²) in [6, 6.07) is 2.95. The Morgan fingerprint density at radius 1 is 1.75 bits per heavy atom. The number of rotatable bonds is 1. The number of aromatic nitrogens is 1. The Balaban J connectivity index is 3.31. The predicted octanol–water partition coefficient (Wildman–Crippen LogP) is 1.52. The predicted molar refractivity (Wildman–Crippen MR) is 43.0 cm³/mol. The monoisotopic (exact) mass is 181 g/mol. The number of hydrogen-bond donors (Lipinski definition) is 1. The van der Waals surface area contributed by atoms with Gasteiger partial charge in [0.15, 0.2) is 0 Å². The van der Waals surface area contributed by atoms with E-state index in [0.717, 1.165) is 6.07 Å². The van der Waals surface area contributed by atoms with Gasteiger partial charge in [-0.1, -0.05) is 12.2 Å². The van der Waals surface area contributed by atoms with Crippen molar-refractivity contribution in [2.75, 3.05) is 0 Å². The van der Waals surface area contributed by atoms with Gasteiger partial charge in [-0.2, -0.15) is 5.26 Å². The van der Waals surface area contributed by atoms with Crippen LogP contribution in [0.4, 0.5) is 5.82 Å². The van der Waals surface area contributed by atoms with E-state index >= 15 is 0 Å². The standard InChI is InChI=1S/C6H3N3O2S/c7-2-4-3-8-6(9(10)11)1-5(4)12/h1,3H,(H,8,12). The Kier molecular flexibility index (Phi) is 2.16. The van der Waals surface area contributed by atoms with Crippen LogP contribution in [0.15, 0.2) is 12.3 Å². The van der Waals surface area contributed by atoms with Gasteiger partial charge in [-0.25, -0.2) is 4.98 Å². The summed E-state index contributed by atoms with van der Waals surface area (Å²) in [5.74, 6) is -0.209. The van der Waals surface area contributed by atoms with Crippen LogP contribution in [-0.4, -0.2) is 9.91 Å². The Morgan fingerprint density at radius 2 is 2.42 bits per heavy atom. The minimum atomic E-state index is -0.600. The Labute approximate surface area is 72.4 Å². The van der Waals surface area contributed by atoms with E-state index in [-0.39, 0.29) is 15.9 Å². The first-order valence-electron chi connectivity index (χ1n) is 2.92. The number of nitro groups is 1. The number of nitrogens with one attached hydrogen (secondary N) is 1. The van der Waals surface area contributed by atoms with Crippen LogP contribution >= 0.6 is 12.2 Å². The van der Waals surface area contributed by atoms with Crippen molar-refractivity contribution in [3.05, 3.63) is 32.5 Å². The maximum atomic E-state index is 10.2. The van der Waals surface area contributed by atoms with E-state index in [0.29, 0.717) is 0 Å². The minimum absolute atomic E-state index is 0.183. The number of pyridine rings is 1. The highest BCUT2D eigenvalue weighted by atomic mass is 32.1. The summed E-state index contributed by atoms with van der Waals surface area (Å²) in [7, 11) is 0. The summed E-state index contributed by atoms with van der Waals surface area (Å²) < 4.78 is 0.183. The molecule has 0 unspecified atom stereocenters. The molecule has 6 heteroatoms. The highest BCUT2D eigenvalue weighted by molar-refractivity contribution is 7.71. The average molecular weight is 181 g/mol. The van der Waals surface area contributed by atoms with E-state index in [1.54, 1.807) is 6.07 Å². The molecule has 0 aliphatic rings. The van der Waals surface area contributed by atoms with Crippen molar-refractivity contribution in [2.45, 2.75) is 0 Å². The maximum absolute atomic E-state index is 10.2. The topological polar surface area (TPSA) is 82.7 Å². The third-order valence-electron chi connectivity index (χ3n) is 1.21. The zero-order chi connectivity index (χ0) is 9.14. The molecule has 12 heavy (non-hydrogen) atoms. The summed E-state index contributed by atoms with van der Waals surface area (Å²) in [6.45, 7) is 0. The van der Waals surface area contributed by atoms with Crippen molar-refractivity contribution < 1.29 is 4.92 Å². The Hall–Kier alpha value is -1.74. The lowest BCUT2D eigenvalue weighted by atomic mass is 10.3. The molecule has 0 spiro atoms. The summed E-state index contributed by atoms with van der Waals surface area (Å²) in [6.07, 6.45) is 1.22. The van der Waals surface area contributed by atoms with Gasteiger partial charge in [0, 0.05) is 0 Å². The SMILES string of the molecule is N#Cc1c[nH]c([N+](=O)[O-])cc1=S. The second-order valence-corrected chi connectivity index (χ2v) is 2.40. The molecule has 1 aromatic heterocycles. The first-order chi connectivity index (χ1) is 5.65. The number of H-pyrrole nitrogens is 1. The molecule has 60 valence electrons. The van der Waals surface area contributed by atoms with Gasteiger partial charge in [0.2, 0.25) is 0 Å². The van der Waals surface area contributed by atoms with Crippen molar-refractivity contribution in [3.63, 3.8) is 0 Å². The molecule has 0 atom stereocenters. The van der Waals surface area contributed by atoms with Crippen LogP contribution in [0.1, 0.15) is 5.56 Å². The first-order valence-corrected chi connectivity index (χ1v) is 3.33. The van der Waals surface area contributed by atoms with Gasteiger partial charge in [0.25, 0.3) is 0 Å². The minimum Gasteiger partial charge on any atom is -0.358 e. The lowest BCUT2D eigenvalue weighted by Crippen LogP contribution is -1.92. The van der Waals surface area contributed by atoms with Gasteiger partial charge in [-0.3, -0.25) is 0 Å². The van der Waals surface area contributed by atoms with Gasteiger partial charge >= 0.3 is 5.82 Å². The lowest BCUT2D eigenvalue weighted by molar-refractivity contribution is -0.389. The summed E-state index contributed by atoms with van der Waals surface area (Å²) in [5, 5.41) is 18.6. The van der Waals surface area contributed by atoms with Crippen molar-refractivity contribution in [1.29, 1.82) is 5.26 Å². The third-order valence-corrected chi connectivity index (χ3v) is 1.55. The van der Waals surface area contributed by atoms with E-state index < -0.39 is 4.92 Å². The molecule has 0 aliphatic heterocycles. The smallest absolute Gasteiger partial charge is 0.322 e. The molecule has 0 aromatic carbocycles. The highest BCUT2D eigenvalue weighted by Gasteiger charge is 2.04. The average Bonchev–Trinajstić information content (AvgIpc) is 2.04. The normalized spacial score (nSPS) is 8.92. The zero-order valence-electron chi connectivity index (χ0n) is 5.77. The number of nitriles is 1. The second kappa shape index (κ2) is 3.11. The maximum Gasteiger partial charge on any atom is 0.322 e. The van der Waals surface area contributed by atoms with Crippen LogP contribution in [0.25, 0.3) is 0 Å². The molecule has 0 aliphatic carbocycles. The molecule has 0 radical (unpaired) electrons. The van der Waals surface area contributed by atoms with Crippen LogP contribution in [0.5, 0.6) is 0 Å². The van der Waals surface area contributed by atoms with Crippen LogP contribution < -0.4 is 0 Å². The molecule has 1 rings (SSSR count). The lowest BCUT2D eigenvalue weighted by Gasteiger charge is -1.92. The van der Waals surface area contributed by atoms with Crippen LogP contribution in [0, 0.1) is 26.0 Å². The summed E-state index contributed by atoms with van der Waals surface area (Å²) >= 11 is 4.71. The summed E-state index contributed by atoms with van der Waals surface area (Å²) in [5.41, 5.74) is 0.232. The molecule has 1 N–H and O–H groups in total. The van der Waals surface area contributed by atoms with Crippen molar-refractivity contribution >= 4 is 18.0 Å². The van der Waals surface area contributed by atoms with Crippen molar-refractivity contribution in [1.82, 2.24) is 4.98 Å². The second-order valence-electron chi connectivity index (χ2n) is 1.97. The molecular formula is C6H3N3O2S. The van der Waals surface area contributed by atoms with Crippen molar-refractivity contribution in [2.24, 2.45) is 0 Å². The number of nitrogens with zero attached hydrogens (tertiary/aromatic N) is 2. The van der Waals surface area contributed by atoms with Gasteiger partial charge < -0.3 is 10.1 Å². The van der Waals surface area contributed by atoms with Gasteiger partial charge in [-0.15, -0.1) is 0 Å². The van der Waals surface area contributed by atoms with Gasteiger partial charge in [0.1, 0.15) is 17.8 Å². The largest absolute Gasteiger partial charge is 0.358 e. The van der Waals surface area contributed by atoms with E-state index in [4.69, 9.17) is 17.5 Å². The number of hydrogen-bond acceptors (Lipinski definition) is 4. The molecule has 0 saturated heterocycles. The highest BCUT2D eigenvalue weighted by Crippen LogP contribution is 2.08. The van der Waals surface area contributed by atoms with Crippen molar-refractivity contribution in [3.8, 4) is 6.07 Å². The molecule has 0 fully saturated rings. The van der Waals surface area contributed by atoms with E-state index in [9.17, 15) is 10.1 Å². The molecule has 0 saturated carbocycles. The van der Waals surface area contributed by atoms with E-state index in [1.807, 2.05) is 0 Å². The first kappa shape index (κ1) is 8.36. The molecule has 5 nitrogen and oxygen atoms in total. The Morgan fingerprint density at radius 3 is 2.83 bits per heavy atom. The fourth-order valence-corrected chi connectivity index (χ4v) is 0.870. The zero-order valence-corrected chi connectivity index (χ0v) is 6.59. The molecule has 0 amide bonds. The van der Waals surface area contributed by atoms with E-state index in [1.165, 1.54) is 6.20 Å². The quantitative estimate of drug-likeness (QED) is 0.404. The molecule has 1 heterocycles. The van der Waals surface area contributed by atoms with Gasteiger partial charge in [-0.05, 0) is 4.92 Å². The molecular weight excluding hydrogens is 178 g/mol. The fraction of sp³-hybridized carbons (Fsp3) is 0. The molecule has 0 bridgehead atoms.